The monoisotopic (exact) mass is 432 g/mol. The molecule has 4 rings (SSSR count). The Balaban J connectivity index is 1.87. The maximum absolute atomic E-state index is 13.6. The maximum Gasteiger partial charge on any atom is 0.265 e. The van der Waals surface area contributed by atoms with Crippen LogP contribution in [-0.4, -0.2) is 31.7 Å². The third-order valence-electron chi connectivity index (χ3n) is 5.45. The summed E-state index contributed by atoms with van der Waals surface area (Å²) >= 11 is 0. The molecule has 2 aromatic carbocycles. The Morgan fingerprint density at radius 3 is 1.62 bits per heavy atom. The van der Waals surface area contributed by atoms with Crippen molar-refractivity contribution in [2.75, 3.05) is 24.0 Å². The van der Waals surface area contributed by atoms with Crippen molar-refractivity contribution in [1.29, 1.82) is 0 Å². The van der Waals surface area contributed by atoms with Gasteiger partial charge in [0, 0.05) is 11.4 Å². The van der Waals surface area contributed by atoms with Gasteiger partial charge in [-0.1, -0.05) is 0 Å². The molecule has 7 nitrogen and oxygen atoms in total. The average molecular weight is 432 g/mol. The number of furan rings is 1. The van der Waals surface area contributed by atoms with E-state index in [1.807, 2.05) is 13.8 Å². The lowest BCUT2D eigenvalue weighted by Crippen LogP contribution is -2.67. The van der Waals surface area contributed by atoms with Gasteiger partial charge in [-0.15, -0.1) is 0 Å². The third-order valence-corrected chi connectivity index (χ3v) is 5.45. The summed E-state index contributed by atoms with van der Waals surface area (Å²) in [7, 11) is 3.17. The van der Waals surface area contributed by atoms with Crippen LogP contribution in [-0.2, 0) is 9.59 Å². The smallest absolute Gasteiger partial charge is 0.265 e. The predicted molar refractivity (Wildman–Crippen MR) is 122 cm³/mol. The van der Waals surface area contributed by atoms with Gasteiger partial charge >= 0.3 is 0 Å². The second kappa shape index (κ2) is 8.26. The Morgan fingerprint density at radius 1 is 0.781 bits per heavy atom. The van der Waals surface area contributed by atoms with Gasteiger partial charge in [0.25, 0.3) is 11.8 Å². The van der Waals surface area contributed by atoms with Crippen molar-refractivity contribution in [3.05, 3.63) is 78.3 Å². The Kier molecular flexibility index (Phi) is 5.48. The van der Waals surface area contributed by atoms with Gasteiger partial charge in [-0.3, -0.25) is 19.4 Å². The minimum absolute atomic E-state index is 0.00547. The van der Waals surface area contributed by atoms with Crippen LogP contribution in [0, 0.1) is 0 Å². The normalized spacial score (nSPS) is 15.7. The Bertz CT molecular complexity index is 1070. The fourth-order valence-electron chi connectivity index (χ4n) is 3.90. The van der Waals surface area contributed by atoms with Crippen LogP contribution in [0.5, 0.6) is 11.5 Å². The quantitative estimate of drug-likeness (QED) is 0.439. The Labute approximate surface area is 186 Å². The third kappa shape index (κ3) is 3.62. The van der Waals surface area contributed by atoms with E-state index in [0.29, 0.717) is 28.6 Å². The molecule has 2 heterocycles. The molecule has 0 unspecified atom stereocenters. The second-order valence-corrected chi connectivity index (χ2v) is 7.75. The lowest BCUT2D eigenvalue weighted by atomic mass is 9.97. The van der Waals surface area contributed by atoms with Gasteiger partial charge in [-0.2, -0.15) is 0 Å². The zero-order valence-electron chi connectivity index (χ0n) is 18.4. The minimum atomic E-state index is -1.00. The number of ether oxygens (including phenoxy) is 2. The van der Waals surface area contributed by atoms with Crippen LogP contribution >= 0.6 is 0 Å². The van der Waals surface area contributed by atoms with E-state index in [4.69, 9.17) is 13.9 Å². The van der Waals surface area contributed by atoms with Crippen LogP contribution in [0.4, 0.5) is 11.4 Å². The van der Waals surface area contributed by atoms with Crippen LogP contribution in [0.1, 0.15) is 19.6 Å². The summed E-state index contributed by atoms with van der Waals surface area (Å²) in [4.78, 5) is 30.5. The van der Waals surface area contributed by atoms with Gasteiger partial charge in [-0.05, 0) is 80.6 Å². The number of carbonyl (C=O) groups is 2. The highest BCUT2D eigenvalue weighted by atomic mass is 16.5. The average Bonchev–Trinajstić information content (AvgIpc) is 3.30. The van der Waals surface area contributed by atoms with E-state index in [-0.39, 0.29) is 5.57 Å². The lowest BCUT2D eigenvalue weighted by Gasteiger charge is -2.50. The molecule has 0 saturated carbocycles. The summed E-state index contributed by atoms with van der Waals surface area (Å²) < 4.78 is 15.9. The van der Waals surface area contributed by atoms with Crippen molar-refractivity contribution >= 4 is 29.3 Å². The predicted octanol–water partition coefficient (Wildman–Crippen LogP) is 4.50. The molecule has 0 N–H and O–H groups in total. The first-order chi connectivity index (χ1) is 15.4. The topological polar surface area (TPSA) is 72.2 Å². The van der Waals surface area contributed by atoms with Crippen LogP contribution in [0.15, 0.2) is 76.9 Å². The second-order valence-electron chi connectivity index (χ2n) is 7.75. The number of nitrogens with zero attached hydrogens (tertiary/aromatic N) is 2. The molecular formula is C25H24N2O5. The number of anilines is 2. The minimum Gasteiger partial charge on any atom is -0.497 e. The van der Waals surface area contributed by atoms with E-state index in [2.05, 4.69) is 0 Å². The number of rotatable bonds is 5. The molecule has 7 heteroatoms. The highest BCUT2D eigenvalue weighted by Gasteiger charge is 2.49. The van der Waals surface area contributed by atoms with Crippen molar-refractivity contribution in [1.82, 2.24) is 0 Å². The van der Waals surface area contributed by atoms with E-state index in [0.717, 1.165) is 0 Å². The molecule has 1 saturated heterocycles. The van der Waals surface area contributed by atoms with E-state index in [1.165, 1.54) is 12.3 Å². The van der Waals surface area contributed by atoms with E-state index in [9.17, 15) is 9.59 Å². The molecule has 1 aliphatic rings. The number of benzene rings is 2. The summed E-state index contributed by atoms with van der Waals surface area (Å²) in [5.74, 6) is 0.944. The summed E-state index contributed by atoms with van der Waals surface area (Å²) in [6.45, 7) is 3.67. The zero-order valence-corrected chi connectivity index (χ0v) is 18.4. The molecule has 0 aliphatic carbocycles. The van der Waals surface area contributed by atoms with Gasteiger partial charge in [0.2, 0.25) is 0 Å². The summed E-state index contributed by atoms with van der Waals surface area (Å²) in [6, 6.07) is 17.7. The number of hydrogen-bond acceptors (Lipinski definition) is 5. The van der Waals surface area contributed by atoms with Crippen molar-refractivity contribution in [2.24, 2.45) is 0 Å². The number of hydrogen-bond donors (Lipinski definition) is 0. The number of carbonyl (C=O) groups excluding carboxylic acids is 2. The first-order valence-corrected chi connectivity index (χ1v) is 10.1. The van der Waals surface area contributed by atoms with Crippen molar-refractivity contribution in [2.45, 2.75) is 19.5 Å². The molecule has 2 amide bonds. The van der Waals surface area contributed by atoms with Gasteiger partial charge in [-0.25, -0.2) is 0 Å². The van der Waals surface area contributed by atoms with Crippen LogP contribution < -0.4 is 19.3 Å². The zero-order chi connectivity index (χ0) is 22.9. The summed E-state index contributed by atoms with van der Waals surface area (Å²) in [5.41, 5.74) is 0.276. The molecule has 32 heavy (non-hydrogen) atoms. The molecule has 1 aliphatic heterocycles. The van der Waals surface area contributed by atoms with Gasteiger partial charge in [0.15, 0.2) is 0 Å². The molecule has 0 spiro atoms. The number of methoxy groups -OCH3 is 2. The largest absolute Gasteiger partial charge is 0.497 e. The van der Waals surface area contributed by atoms with E-state index < -0.39 is 17.5 Å². The standard InChI is InChI=1S/C25H24N2O5/c1-25(2)26(17-7-11-19(30-3)12-8-17)23(28)22(16-21-6-5-15-32-21)24(29)27(25)18-9-13-20(31-4)14-10-18/h5-16H,1-4H3. The molecule has 1 fully saturated rings. The molecule has 3 aromatic rings. The van der Waals surface area contributed by atoms with Crippen LogP contribution in [0.3, 0.4) is 0 Å². The molecule has 0 bridgehead atoms. The Hall–Kier alpha value is -4.00. The van der Waals surface area contributed by atoms with Crippen LogP contribution in [0.2, 0.25) is 0 Å². The molecule has 1 aromatic heterocycles. The van der Waals surface area contributed by atoms with Gasteiger partial charge < -0.3 is 13.9 Å². The first-order valence-electron chi connectivity index (χ1n) is 10.1. The van der Waals surface area contributed by atoms with Crippen molar-refractivity contribution < 1.29 is 23.5 Å². The molecular weight excluding hydrogens is 408 g/mol. The maximum atomic E-state index is 13.6. The first kappa shape index (κ1) is 21.2. The highest BCUT2D eigenvalue weighted by Crippen LogP contribution is 2.39. The highest BCUT2D eigenvalue weighted by molar-refractivity contribution is 6.33. The lowest BCUT2D eigenvalue weighted by molar-refractivity contribution is -0.124. The molecule has 164 valence electrons. The fourth-order valence-corrected chi connectivity index (χ4v) is 3.90. The van der Waals surface area contributed by atoms with Crippen molar-refractivity contribution in [3.63, 3.8) is 0 Å². The van der Waals surface area contributed by atoms with Crippen molar-refractivity contribution in [3.8, 4) is 11.5 Å². The molecule has 0 radical (unpaired) electrons. The van der Waals surface area contributed by atoms with E-state index in [1.54, 1.807) is 84.7 Å². The number of amides is 2. The van der Waals surface area contributed by atoms with Gasteiger partial charge in [0.05, 0.1) is 20.5 Å². The van der Waals surface area contributed by atoms with Crippen LogP contribution in [0.25, 0.3) is 6.08 Å². The van der Waals surface area contributed by atoms with Gasteiger partial charge in [0.1, 0.15) is 28.5 Å². The molecule has 0 atom stereocenters. The summed E-state index contributed by atoms with van der Waals surface area (Å²) in [5, 5.41) is 0. The van der Waals surface area contributed by atoms with E-state index >= 15 is 0 Å². The summed E-state index contributed by atoms with van der Waals surface area (Å²) in [6.07, 6.45) is 2.98. The fraction of sp³-hybridized carbons (Fsp3) is 0.200. The Morgan fingerprint density at radius 2 is 1.25 bits per heavy atom. The SMILES string of the molecule is COc1ccc(N2C(=O)C(=Cc3ccco3)C(=O)N(c3ccc(OC)cc3)C2(C)C)cc1.